The molecule has 1 aliphatic rings. The number of halogens is 1. The van der Waals surface area contributed by atoms with Crippen LogP contribution in [0.5, 0.6) is 5.75 Å². The highest BCUT2D eigenvalue weighted by molar-refractivity contribution is 9.10. The molecule has 1 aromatic carbocycles. The number of hydrogen-bond acceptors (Lipinski definition) is 3. The molecule has 1 aliphatic carbocycles. The molecule has 0 aliphatic heterocycles. The molecule has 0 amide bonds. The first-order valence-corrected chi connectivity index (χ1v) is 7.22. The average Bonchev–Trinajstić information content (AvgIpc) is 2.85. The summed E-state index contributed by atoms with van der Waals surface area (Å²) in [6.07, 6.45) is 3.93. The Labute approximate surface area is 117 Å². The number of nitrogens with one attached hydrogen (secondary N) is 1. The Hall–Kier alpha value is -0.580. The van der Waals surface area contributed by atoms with Crippen LogP contribution in [0.3, 0.4) is 0 Å². The van der Waals surface area contributed by atoms with Crippen molar-refractivity contribution in [2.45, 2.75) is 31.4 Å². The minimum atomic E-state index is 0.440. The van der Waals surface area contributed by atoms with Crippen molar-refractivity contribution in [1.82, 2.24) is 5.32 Å². The van der Waals surface area contributed by atoms with Gasteiger partial charge in [-0.3, -0.25) is 0 Å². The van der Waals surface area contributed by atoms with Gasteiger partial charge in [0.2, 0.25) is 0 Å². The van der Waals surface area contributed by atoms with Gasteiger partial charge in [0, 0.05) is 24.2 Å². The zero-order valence-electron chi connectivity index (χ0n) is 10.7. The molecule has 1 N–H and O–H groups in total. The van der Waals surface area contributed by atoms with Crippen LogP contribution in [0.25, 0.3) is 0 Å². The minimum Gasteiger partial charge on any atom is -0.492 e. The van der Waals surface area contributed by atoms with E-state index in [2.05, 4.69) is 21.2 Å². The zero-order chi connectivity index (χ0) is 12.8. The third kappa shape index (κ3) is 4.26. The fraction of sp³-hybridized carbons (Fsp3) is 0.571. The van der Waals surface area contributed by atoms with Crippen molar-refractivity contribution in [3.63, 3.8) is 0 Å². The Kier molecular flexibility index (Phi) is 5.47. The fourth-order valence-electron chi connectivity index (χ4n) is 2.30. The molecule has 2 unspecified atom stereocenters. The Morgan fingerprint density at radius 1 is 1.28 bits per heavy atom. The van der Waals surface area contributed by atoms with Crippen LogP contribution in [0.2, 0.25) is 0 Å². The molecule has 1 aromatic rings. The largest absolute Gasteiger partial charge is 0.492 e. The summed E-state index contributed by atoms with van der Waals surface area (Å²) in [4.78, 5) is 0. The van der Waals surface area contributed by atoms with E-state index in [-0.39, 0.29) is 0 Å². The molecule has 0 aromatic heterocycles. The minimum absolute atomic E-state index is 0.440. The predicted octanol–water partition coefficient (Wildman–Crippen LogP) is 2.99. The van der Waals surface area contributed by atoms with Crippen LogP contribution in [0.4, 0.5) is 0 Å². The summed E-state index contributed by atoms with van der Waals surface area (Å²) in [5, 5.41) is 3.51. The topological polar surface area (TPSA) is 30.5 Å². The number of methoxy groups -OCH3 is 1. The van der Waals surface area contributed by atoms with Gasteiger partial charge in [-0.25, -0.2) is 0 Å². The van der Waals surface area contributed by atoms with Gasteiger partial charge in [-0.15, -0.1) is 0 Å². The fourth-order valence-corrected chi connectivity index (χ4v) is 2.57. The van der Waals surface area contributed by atoms with Crippen LogP contribution >= 0.6 is 15.9 Å². The lowest BCUT2D eigenvalue weighted by molar-refractivity contribution is 0.107. The van der Waals surface area contributed by atoms with Crippen molar-refractivity contribution in [2.75, 3.05) is 20.3 Å². The second-order valence-corrected chi connectivity index (χ2v) is 5.54. The van der Waals surface area contributed by atoms with Gasteiger partial charge in [0.1, 0.15) is 12.4 Å². The van der Waals surface area contributed by atoms with E-state index in [1.54, 1.807) is 7.11 Å². The molecule has 1 saturated carbocycles. The lowest BCUT2D eigenvalue weighted by atomic mass is 10.2. The lowest BCUT2D eigenvalue weighted by Crippen LogP contribution is -2.31. The third-order valence-corrected chi connectivity index (χ3v) is 3.86. The van der Waals surface area contributed by atoms with Crippen LogP contribution in [-0.2, 0) is 4.74 Å². The monoisotopic (exact) mass is 313 g/mol. The zero-order valence-corrected chi connectivity index (χ0v) is 12.3. The molecule has 1 fully saturated rings. The number of benzene rings is 1. The van der Waals surface area contributed by atoms with Gasteiger partial charge in [0.15, 0.2) is 0 Å². The van der Waals surface area contributed by atoms with Gasteiger partial charge >= 0.3 is 0 Å². The van der Waals surface area contributed by atoms with Crippen LogP contribution < -0.4 is 10.1 Å². The van der Waals surface area contributed by atoms with Gasteiger partial charge in [-0.2, -0.15) is 0 Å². The molecule has 3 nitrogen and oxygen atoms in total. The highest BCUT2D eigenvalue weighted by Gasteiger charge is 2.23. The maximum atomic E-state index is 5.66. The molecule has 0 radical (unpaired) electrons. The van der Waals surface area contributed by atoms with E-state index in [0.29, 0.717) is 18.8 Å². The summed E-state index contributed by atoms with van der Waals surface area (Å²) in [7, 11) is 1.80. The van der Waals surface area contributed by atoms with Gasteiger partial charge < -0.3 is 14.8 Å². The quantitative estimate of drug-likeness (QED) is 0.819. The summed E-state index contributed by atoms with van der Waals surface area (Å²) in [6, 6.07) is 8.51. The Balaban J connectivity index is 1.60. The molecular weight excluding hydrogens is 294 g/mol. The number of ether oxygens (including phenoxy) is 2. The number of hydrogen-bond donors (Lipinski definition) is 1. The van der Waals surface area contributed by atoms with E-state index in [4.69, 9.17) is 9.47 Å². The van der Waals surface area contributed by atoms with E-state index in [9.17, 15) is 0 Å². The molecule has 4 heteroatoms. The van der Waals surface area contributed by atoms with Crippen molar-refractivity contribution in [1.29, 1.82) is 0 Å². The van der Waals surface area contributed by atoms with Crippen molar-refractivity contribution < 1.29 is 9.47 Å². The smallest absolute Gasteiger partial charge is 0.119 e. The van der Waals surface area contributed by atoms with Crippen LogP contribution in [0, 0.1) is 0 Å². The molecule has 18 heavy (non-hydrogen) atoms. The maximum absolute atomic E-state index is 5.66. The SMILES string of the molecule is COC1CCC(NCCOc2ccc(Br)cc2)C1. The second-order valence-electron chi connectivity index (χ2n) is 4.62. The molecule has 0 saturated heterocycles. The third-order valence-electron chi connectivity index (χ3n) is 3.34. The van der Waals surface area contributed by atoms with Crippen molar-refractivity contribution in [2.24, 2.45) is 0 Å². The Morgan fingerprint density at radius 2 is 2.06 bits per heavy atom. The summed E-state index contributed by atoms with van der Waals surface area (Å²) in [5.74, 6) is 0.918. The van der Waals surface area contributed by atoms with Crippen molar-refractivity contribution in [3.8, 4) is 5.75 Å². The van der Waals surface area contributed by atoms with Crippen LogP contribution in [-0.4, -0.2) is 32.4 Å². The Morgan fingerprint density at radius 3 is 2.72 bits per heavy atom. The van der Waals surface area contributed by atoms with E-state index in [1.807, 2.05) is 24.3 Å². The first-order chi connectivity index (χ1) is 8.78. The first kappa shape index (κ1) is 13.8. The van der Waals surface area contributed by atoms with E-state index < -0.39 is 0 Å². The summed E-state index contributed by atoms with van der Waals surface area (Å²) < 4.78 is 12.1. The summed E-state index contributed by atoms with van der Waals surface area (Å²) in [5.41, 5.74) is 0. The van der Waals surface area contributed by atoms with Gasteiger partial charge in [0.05, 0.1) is 6.10 Å². The molecule has 0 spiro atoms. The second kappa shape index (κ2) is 7.12. The van der Waals surface area contributed by atoms with Crippen molar-refractivity contribution in [3.05, 3.63) is 28.7 Å². The van der Waals surface area contributed by atoms with E-state index in [0.717, 1.165) is 23.2 Å². The van der Waals surface area contributed by atoms with Crippen LogP contribution in [0.1, 0.15) is 19.3 Å². The maximum Gasteiger partial charge on any atom is 0.119 e. The molecule has 2 atom stereocenters. The summed E-state index contributed by atoms with van der Waals surface area (Å²) in [6.45, 7) is 1.59. The Bertz CT molecular complexity index is 355. The van der Waals surface area contributed by atoms with E-state index in [1.165, 1.54) is 12.8 Å². The highest BCUT2D eigenvalue weighted by atomic mass is 79.9. The van der Waals surface area contributed by atoms with Crippen LogP contribution in [0.15, 0.2) is 28.7 Å². The highest BCUT2D eigenvalue weighted by Crippen LogP contribution is 2.21. The number of rotatable bonds is 6. The van der Waals surface area contributed by atoms with Crippen molar-refractivity contribution >= 4 is 15.9 Å². The first-order valence-electron chi connectivity index (χ1n) is 6.42. The molecule has 0 heterocycles. The van der Waals surface area contributed by atoms with Gasteiger partial charge in [0.25, 0.3) is 0 Å². The van der Waals surface area contributed by atoms with Gasteiger partial charge in [-0.05, 0) is 43.5 Å². The summed E-state index contributed by atoms with van der Waals surface area (Å²) >= 11 is 3.40. The predicted molar refractivity (Wildman–Crippen MR) is 76.1 cm³/mol. The molecule has 0 bridgehead atoms. The molecule has 100 valence electrons. The standard InChI is InChI=1S/C14H20BrNO2/c1-17-14-7-4-12(10-14)16-8-9-18-13-5-2-11(15)3-6-13/h2-3,5-6,12,14,16H,4,7-10H2,1H3. The molecule has 2 rings (SSSR count). The normalized spacial score (nSPS) is 23.2. The van der Waals surface area contributed by atoms with Gasteiger partial charge in [-0.1, -0.05) is 15.9 Å². The average molecular weight is 314 g/mol. The van der Waals surface area contributed by atoms with E-state index >= 15 is 0 Å². The molecular formula is C14H20BrNO2. The lowest BCUT2D eigenvalue weighted by Gasteiger charge is -2.13.